The van der Waals surface area contributed by atoms with Crippen molar-refractivity contribution in [3.63, 3.8) is 0 Å². The van der Waals surface area contributed by atoms with E-state index in [-0.39, 0.29) is 5.82 Å². The highest BCUT2D eigenvalue weighted by atomic mass is 35.5. The molecule has 0 amide bonds. The number of hydrogen-bond donors (Lipinski definition) is 0. The molecule has 4 heteroatoms. The highest BCUT2D eigenvalue weighted by molar-refractivity contribution is 6.35. The summed E-state index contributed by atoms with van der Waals surface area (Å²) in [6.07, 6.45) is 0. The smallest absolute Gasteiger partial charge is 0.127 e. The van der Waals surface area contributed by atoms with E-state index >= 15 is 0 Å². The Morgan fingerprint density at radius 1 is 1.06 bits per heavy atom. The molecule has 88 valence electrons. The zero-order valence-corrected chi connectivity index (χ0v) is 10.5. The van der Waals surface area contributed by atoms with Gasteiger partial charge in [0, 0.05) is 21.7 Å². The fourth-order valence-electron chi connectivity index (χ4n) is 1.55. The summed E-state index contributed by atoms with van der Waals surface area (Å²) in [5.74, 6) is 0.0615. The molecule has 0 aromatic heterocycles. The Morgan fingerprint density at radius 3 is 2.53 bits per heavy atom. The summed E-state index contributed by atoms with van der Waals surface area (Å²) in [5, 5.41) is 1.06. The molecule has 0 aliphatic heterocycles. The minimum atomic E-state index is -0.379. The van der Waals surface area contributed by atoms with Crippen LogP contribution in [0, 0.1) is 5.82 Å². The highest BCUT2D eigenvalue weighted by Gasteiger charge is 2.08. The van der Waals surface area contributed by atoms with Gasteiger partial charge in [-0.05, 0) is 35.9 Å². The average Bonchev–Trinajstić information content (AvgIpc) is 2.31. The van der Waals surface area contributed by atoms with E-state index in [9.17, 15) is 4.39 Å². The van der Waals surface area contributed by atoms with E-state index in [2.05, 4.69) is 0 Å². The highest BCUT2D eigenvalue weighted by Crippen LogP contribution is 2.33. The summed E-state index contributed by atoms with van der Waals surface area (Å²) >= 11 is 12.0. The molecule has 0 aliphatic rings. The Labute approximate surface area is 109 Å². The van der Waals surface area contributed by atoms with E-state index < -0.39 is 0 Å². The Hall–Kier alpha value is -1.25. The fraction of sp³-hybridized carbons (Fsp3) is 0.0769. The maximum atomic E-state index is 13.4. The maximum absolute atomic E-state index is 13.4. The molecule has 0 saturated carbocycles. The topological polar surface area (TPSA) is 9.23 Å². The molecule has 0 spiro atoms. The van der Waals surface area contributed by atoms with Crippen molar-refractivity contribution >= 4 is 23.2 Å². The molecule has 0 aliphatic carbocycles. The van der Waals surface area contributed by atoms with Crippen LogP contribution >= 0.6 is 23.2 Å². The molecule has 0 saturated heterocycles. The minimum Gasteiger partial charge on any atom is -0.497 e. The molecule has 0 heterocycles. The average molecular weight is 271 g/mol. The van der Waals surface area contributed by atoms with Crippen LogP contribution in [0.3, 0.4) is 0 Å². The first kappa shape index (κ1) is 12.2. The minimum absolute atomic E-state index is 0.379. The SMILES string of the molecule is COc1cc(F)cc(-c2cc(Cl)ccc2Cl)c1. The Balaban J connectivity index is 2.59. The van der Waals surface area contributed by atoms with Crippen LogP contribution in [-0.2, 0) is 0 Å². The molecule has 0 radical (unpaired) electrons. The maximum Gasteiger partial charge on any atom is 0.127 e. The van der Waals surface area contributed by atoms with Gasteiger partial charge in [-0.2, -0.15) is 0 Å². The Bertz CT molecular complexity index is 555. The van der Waals surface area contributed by atoms with Gasteiger partial charge >= 0.3 is 0 Å². The van der Waals surface area contributed by atoms with Crippen molar-refractivity contribution in [2.75, 3.05) is 7.11 Å². The van der Waals surface area contributed by atoms with Gasteiger partial charge in [-0.3, -0.25) is 0 Å². The van der Waals surface area contributed by atoms with Gasteiger partial charge in [0.25, 0.3) is 0 Å². The number of halogens is 3. The van der Waals surface area contributed by atoms with Gasteiger partial charge in [-0.15, -0.1) is 0 Å². The predicted molar refractivity (Wildman–Crippen MR) is 68.4 cm³/mol. The van der Waals surface area contributed by atoms with Crippen molar-refractivity contribution in [2.24, 2.45) is 0 Å². The van der Waals surface area contributed by atoms with E-state index in [1.807, 2.05) is 0 Å². The van der Waals surface area contributed by atoms with Crippen molar-refractivity contribution < 1.29 is 9.13 Å². The van der Waals surface area contributed by atoms with Crippen molar-refractivity contribution in [2.45, 2.75) is 0 Å². The third kappa shape index (κ3) is 2.71. The second-order valence-electron chi connectivity index (χ2n) is 3.50. The third-order valence-corrected chi connectivity index (χ3v) is 2.91. The van der Waals surface area contributed by atoms with Crippen LogP contribution in [0.15, 0.2) is 36.4 Å². The lowest BCUT2D eigenvalue weighted by molar-refractivity contribution is 0.411. The number of ether oxygens (including phenoxy) is 1. The van der Waals surface area contributed by atoms with E-state index in [1.54, 1.807) is 24.3 Å². The second-order valence-corrected chi connectivity index (χ2v) is 4.35. The predicted octanol–water partition coefficient (Wildman–Crippen LogP) is 4.81. The van der Waals surface area contributed by atoms with Gasteiger partial charge in [0.05, 0.1) is 7.11 Å². The van der Waals surface area contributed by atoms with Crippen molar-refractivity contribution in [3.8, 4) is 16.9 Å². The third-order valence-electron chi connectivity index (χ3n) is 2.35. The van der Waals surface area contributed by atoms with E-state index in [1.165, 1.54) is 19.2 Å². The summed E-state index contributed by atoms with van der Waals surface area (Å²) in [5.41, 5.74) is 1.31. The first-order chi connectivity index (χ1) is 8.10. The monoisotopic (exact) mass is 270 g/mol. The molecule has 0 N–H and O–H groups in total. The number of methoxy groups -OCH3 is 1. The van der Waals surface area contributed by atoms with Gasteiger partial charge < -0.3 is 4.74 Å². The molecule has 2 aromatic rings. The number of hydrogen-bond acceptors (Lipinski definition) is 1. The second kappa shape index (κ2) is 4.94. The molecule has 0 fully saturated rings. The van der Waals surface area contributed by atoms with Crippen molar-refractivity contribution in [3.05, 3.63) is 52.3 Å². The van der Waals surface area contributed by atoms with Crippen LogP contribution in [0.5, 0.6) is 5.75 Å². The van der Waals surface area contributed by atoms with E-state index in [4.69, 9.17) is 27.9 Å². The van der Waals surface area contributed by atoms with Gasteiger partial charge in [-0.25, -0.2) is 4.39 Å². The van der Waals surface area contributed by atoms with Crippen LogP contribution in [0.2, 0.25) is 10.0 Å². The molecule has 17 heavy (non-hydrogen) atoms. The zero-order chi connectivity index (χ0) is 12.4. The zero-order valence-electron chi connectivity index (χ0n) is 9.01. The lowest BCUT2D eigenvalue weighted by Gasteiger charge is -2.08. The fourth-order valence-corrected chi connectivity index (χ4v) is 1.95. The van der Waals surface area contributed by atoms with E-state index in [0.717, 1.165) is 0 Å². The largest absolute Gasteiger partial charge is 0.497 e. The van der Waals surface area contributed by atoms with Gasteiger partial charge in [0.1, 0.15) is 11.6 Å². The first-order valence-electron chi connectivity index (χ1n) is 4.90. The summed E-state index contributed by atoms with van der Waals surface area (Å²) in [6, 6.07) is 9.46. The quantitative estimate of drug-likeness (QED) is 0.761. The summed E-state index contributed by atoms with van der Waals surface area (Å²) in [6.45, 7) is 0. The van der Waals surface area contributed by atoms with Gasteiger partial charge in [0.2, 0.25) is 0 Å². The molecular weight excluding hydrogens is 262 g/mol. The first-order valence-corrected chi connectivity index (χ1v) is 5.66. The molecule has 1 nitrogen and oxygen atoms in total. The summed E-state index contributed by atoms with van der Waals surface area (Å²) in [7, 11) is 1.48. The number of rotatable bonds is 2. The molecule has 2 aromatic carbocycles. The number of benzene rings is 2. The summed E-state index contributed by atoms with van der Waals surface area (Å²) in [4.78, 5) is 0. The van der Waals surface area contributed by atoms with Crippen LogP contribution < -0.4 is 4.74 Å². The molecular formula is C13H9Cl2FO. The van der Waals surface area contributed by atoms with Crippen LogP contribution in [0.25, 0.3) is 11.1 Å². The Morgan fingerprint density at radius 2 is 1.82 bits per heavy atom. The normalized spacial score (nSPS) is 10.4. The molecule has 0 bridgehead atoms. The summed E-state index contributed by atoms with van der Waals surface area (Å²) < 4.78 is 18.4. The van der Waals surface area contributed by atoms with Crippen LogP contribution in [-0.4, -0.2) is 7.11 Å². The van der Waals surface area contributed by atoms with Gasteiger partial charge in [0.15, 0.2) is 0 Å². The lowest BCUT2D eigenvalue weighted by Crippen LogP contribution is -1.87. The molecule has 0 unspecified atom stereocenters. The standard InChI is InChI=1S/C13H9Cl2FO/c1-17-11-5-8(4-10(16)7-11)12-6-9(14)2-3-13(12)15/h2-7H,1H3. The van der Waals surface area contributed by atoms with Crippen molar-refractivity contribution in [1.29, 1.82) is 0 Å². The van der Waals surface area contributed by atoms with Crippen LogP contribution in [0.4, 0.5) is 4.39 Å². The lowest BCUT2D eigenvalue weighted by atomic mass is 10.1. The molecule has 2 rings (SSSR count). The van der Waals surface area contributed by atoms with Gasteiger partial charge in [-0.1, -0.05) is 23.2 Å². The Kier molecular flexibility index (Phi) is 3.55. The van der Waals surface area contributed by atoms with Crippen molar-refractivity contribution in [1.82, 2.24) is 0 Å². The van der Waals surface area contributed by atoms with E-state index in [0.29, 0.717) is 26.9 Å². The molecule has 0 atom stereocenters. The van der Waals surface area contributed by atoms with Crippen LogP contribution in [0.1, 0.15) is 0 Å².